The number of nitrogens with zero attached hydrogens (tertiary/aromatic N) is 3. The van der Waals surface area contributed by atoms with Crippen LogP contribution in [0.15, 0.2) is 17.2 Å². The van der Waals surface area contributed by atoms with Gasteiger partial charge in [0.05, 0.1) is 0 Å². The molecular weight excluding hydrogens is 216 g/mol. The number of anilines is 1. The number of hydrogen-bond donors (Lipinski definition) is 1. The molecule has 0 aromatic carbocycles. The van der Waals surface area contributed by atoms with Gasteiger partial charge in [0.1, 0.15) is 0 Å². The van der Waals surface area contributed by atoms with Gasteiger partial charge < -0.3 is 15.2 Å². The Hall–Kier alpha value is -1.36. The van der Waals surface area contributed by atoms with Crippen LogP contribution < -0.4 is 16.2 Å². The van der Waals surface area contributed by atoms with Gasteiger partial charge in [0.15, 0.2) is 5.82 Å². The molecule has 1 aliphatic heterocycles. The van der Waals surface area contributed by atoms with E-state index in [-0.39, 0.29) is 5.56 Å². The van der Waals surface area contributed by atoms with Crippen LogP contribution in [-0.4, -0.2) is 29.2 Å². The van der Waals surface area contributed by atoms with E-state index in [1.807, 2.05) is 4.90 Å². The monoisotopic (exact) mass is 236 g/mol. The highest BCUT2D eigenvalue weighted by molar-refractivity contribution is 5.39. The Kier molecular flexibility index (Phi) is 3.47. The first-order valence-corrected chi connectivity index (χ1v) is 6.12. The van der Waals surface area contributed by atoms with Gasteiger partial charge in [0, 0.05) is 37.9 Å². The molecule has 2 rings (SSSR count). The van der Waals surface area contributed by atoms with Crippen molar-refractivity contribution >= 4 is 5.82 Å². The molecule has 0 bridgehead atoms. The number of hydrogen-bond acceptors (Lipinski definition) is 4. The average molecular weight is 236 g/mol. The van der Waals surface area contributed by atoms with Gasteiger partial charge in [0.2, 0.25) is 0 Å². The van der Waals surface area contributed by atoms with Gasteiger partial charge >= 0.3 is 0 Å². The topological polar surface area (TPSA) is 64.2 Å². The molecule has 5 nitrogen and oxygen atoms in total. The summed E-state index contributed by atoms with van der Waals surface area (Å²) in [5, 5.41) is 0. The lowest BCUT2D eigenvalue weighted by Crippen LogP contribution is -2.52. The third-order valence-electron chi connectivity index (χ3n) is 3.05. The van der Waals surface area contributed by atoms with Crippen LogP contribution in [0.4, 0.5) is 5.82 Å². The second kappa shape index (κ2) is 4.87. The zero-order chi connectivity index (χ0) is 12.4. The van der Waals surface area contributed by atoms with E-state index in [1.165, 1.54) is 0 Å². The Labute approximate surface area is 101 Å². The minimum atomic E-state index is 0.0108. The summed E-state index contributed by atoms with van der Waals surface area (Å²) in [4.78, 5) is 18.4. The lowest BCUT2D eigenvalue weighted by atomic mass is 10.0. The lowest BCUT2D eigenvalue weighted by Gasteiger charge is -2.39. The molecule has 2 N–H and O–H groups in total. The molecule has 1 saturated heterocycles. The van der Waals surface area contributed by atoms with Crippen LogP contribution in [0.2, 0.25) is 0 Å². The third kappa shape index (κ3) is 2.49. The molecular formula is C12H20N4O. The summed E-state index contributed by atoms with van der Waals surface area (Å²) in [5.74, 6) is 1.53. The van der Waals surface area contributed by atoms with Crippen LogP contribution in [0, 0.1) is 11.8 Å². The van der Waals surface area contributed by atoms with Crippen LogP contribution in [0.5, 0.6) is 0 Å². The molecule has 1 aromatic rings. The van der Waals surface area contributed by atoms with Gasteiger partial charge in [-0.1, -0.05) is 13.8 Å². The van der Waals surface area contributed by atoms with E-state index in [1.54, 1.807) is 17.0 Å². The van der Waals surface area contributed by atoms with Crippen LogP contribution in [0.25, 0.3) is 0 Å². The SMILES string of the molecule is CC(C)Cn1ccnc(N2CC(CN)C2)c1=O. The molecule has 0 aliphatic carbocycles. The minimum Gasteiger partial charge on any atom is -0.351 e. The highest BCUT2D eigenvalue weighted by atomic mass is 16.1. The second-order valence-electron chi connectivity index (χ2n) is 5.11. The largest absolute Gasteiger partial charge is 0.351 e. The van der Waals surface area contributed by atoms with Crippen molar-refractivity contribution in [2.24, 2.45) is 17.6 Å². The van der Waals surface area contributed by atoms with Crippen LogP contribution >= 0.6 is 0 Å². The van der Waals surface area contributed by atoms with Crippen molar-refractivity contribution < 1.29 is 0 Å². The maximum absolute atomic E-state index is 12.2. The summed E-state index contributed by atoms with van der Waals surface area (Å²) < 4.78 is 1.74. The molecule has 17 heavy (non-hydrogen) atoms. The highest BCUT2D eigenvalue weighted by Gasteiger charge is 2.28. The van der Waals surface area contributed by atoms with Crippen LogP contribution in [0.1, 0.15) is 13.8 Å². The summed E-state index contributed by atoms with van der Waals surface area (Å²) in [6.07, 6.45) is 3.46. The number of nitrogens with two attached hydrogens (primary N) is 1. The molecule has 94 valence electrons. The van der Waals surface area contributed by atoms with Gasteiger partial charge in [0.25, 0.3) is 5.56 Å². The maximum Gasteiger partial charge on any atom is 0.293 e. The molecule has 0 atom stereocenters. The summed E-state index contributed by atoms with van der Waals surface area (Å²) in [5.41, 5.74) is 5.59. The molecule has 1 aliphatic rings. The Morgan fingerprint density at radius 3 is 2.82 bits per heavy atom. The predicted octanol–water partition coefficient (Wildman–Crippen LogP) is 0.294. The van der Waals surface area contributed by atoms with Crippen molar-refractivity contribution in [3.05, 3.63) is 22.7 Å². The summed E-state index contributed by atoms with van der Waals surface area (Å²) >= 11 is 0. The molecule has 0 unspecified atom stereocenters. The Balaban J connectivity index is 2.16. The second-order valence-corrected chi connectivity index (χ2v) is 5.11. The minimum absolute atomic E-state index is 0.0108. The van der Waals surface area contributed by atoms with Gasteiger partial charge in [-0.05, 0) is 12.5 Å². The Morgan fingerprint density at radius 1 is 1.53 bits per heavy atom. The van der Waals surface area contributed by atoms with E-state index in [0.717, 1.165) is 19.6 Å². The van der Waals surface area contributed by atoms with E-state index < -0.39 is 0 Å². The fourth-order valence-electron chi connectivity index (χ4n) is 2.08. The molecule has 0 spiro atoms. The van der Waals surface area contributed by atoms with Crippen LogP contribution in [-0.2, 0) is 6.54 Å². The zero-order valence-corrected chi connectivity index (χ0v) is 10.5. The van der Waals surface area contributed by atoms with E-state index in [0.29, 0.717) is 24.2 Å². The smallest absolute Gasteiger partial charge is 0.293 e. The van der Waals surface area contributed by atoms with E-state index in [2.05, 4.69) is 18.8 Å². The average Bonchev–Trinajstić information content (AvgIpc) is 2.21. The molecule has 1 fully saturated rings. The fourth-order valence-corrected chi connectivity index (χ4v) is 2.08. The molecule has 1 aromatic heterocycles. The van der Waals surface area contributed by atoms with Crippen molar-refractivity contribution in [2.75, 3.05) is 24.5 Å². The highest BCUT2D eigenvalue weighted by Crippen LogP contribution is 2.18. The Morgan fingerprint density at radius 2 is 2.24 bits per heavy atom. The quantitative estimate of drug-likeness (QED) is 0.816. The van der Waals surface area contributed by atoms with Gasteiger partial charge in [-0.3, -0.25) is 4.79 Å². The molecule has 0 amide bonds. The van der Waals surface area contributed by atoms with Crippen molar-refractivity contribution in [3.63, 3.8) is 0 Å². The first kappa shape index (κ1) is 12.1. The van der Waals surface area contributed by atoms with Crippen molar-refractivity contribution in [1.29, 1.82) is 0 Å². The standard InChI is InChI=1S/C12H20N4O/c1-9(2)6-15-4-3-14-11(12(15)17)16-7-10(5-13)8-16/h3-4,9-10H,5-8,13H2,1-2H3. The normalized spacial score (nSPS) is 16.4. The van der Waals surface area contributed by atoms with Gasteiger partial charge in [-0.15, -0.1) is 0 Å². The number of rotatable bonds is 4. The fraction of sp³-hybridized carbons (Fsp3) is 0.667. The third-order valence-corrected chi connectivity index (χ3v) is 3.05. The predicted molar refractivity (Wildman–Crippen MR) is 68.1 cm³/mol. The first-order chi connectivity index (χ1) is 8.11. The first-order valence-electron chi connectivity index (χ1n) is 6.12. The van der Waals surface area contributed by atoms with Crippen molar-refractivity contribution in [1.82, 2.24) is 9.55 Å². The molecule has 5 heteroatoms. The maximum atomic E-state index is 12.2. The summed E-state index contributed by atoms with van der Waals surface area (Å²) in [6, 6.07) is 0. The van der Waals surface area contributed by atoms with E-state index >= 15 is 0 Å². The van der Waals surface area contributed by atoms with Gasteiger partial charge in [-0.2, -0.15) is 0 Å². The van der Waals surface area contributed by atoms with Gasteiger partial charge in [-0.25, -0.2) is 4.98 Å². The van der Waals surface area contributed by atoms with Crippen LogP contribution in [0.3, 0.4) is 0 Å². The summed E-state index contributed by atoms with van der Waals surface area (Å²) in [6.45, 7) is 7.32. The van der Waals surface area contributed by atoms with Crippen molar-refractivity contribution in [2.45, 2.75) is 20.4 Å². The van der Waals surface area contributed by atoms with E-state index in [4.69, 9.17) is 5.73 Å². The lowest BCUT2D eigenvalue weighted by molar-refractivity contribution is 0.412. The zero-order valence-electron chi connectivity index (χ0n) is 10.5. The summed E-state index contributed by atoms with van der Waals surface area (Å²) in [7, 11) is 0. The molecule has 0 saturated carbocycles. The molecule has 0 radical (unpaired) electrons. The van der Waals surface area contributed by atoms with E-state index in [9.17, 15) is 4.79 Å². The van der Waals surface area contributed by atoms with Crippen molar-refractivity contribution in [3.8, 4) is 0 Å². The Bertz CT molecular complexity index is 434. The molecule has 2 heterocycles. The number of aromatic nitrogens is 2.